The monoisotopic (exact) mass is 321 g/mol. The zero-order valence-electron chi connectivity index (χ0n) is 13.6. The van der Waals surface area contributed by atoms with Crippen LogP contribution in [0.2, 0.25) is 0 Å². The van der Waals surface area contributed by atoms with Gasteiger partial charge in [-0.3, -0.25) is 4.79 Å². The Morgan fingerprint density at radius 3 is 2.05 bits per heavy atom. The molecule has 22 heavy (non-hydrogen) atoms. The third kappa shape index (κ3) is 8.05. The Bertz CT molecular complexity index is 302. The van der Waals surface area contributed by atoms with E-state index in [1.807, 2.05) is 0 Å². The molecule has 7 nitrogen and oxygen atoms in total. The van der Waals surface area contributed by atoms with Gasteiger partial charge in [0.25, 0.3) is 0 Å². The molecule has 0 bridgehead atoms. The zero-order valence-corrected chi connectivity index (χ0v) is 13.6. The van der Waals surface area contributed by atoms with Crippen molar-refractivity contribution in [3.63, 3.8) is 0 Å². The van der Waals surface area contributed by atoms with Crippen molar-refractivity contribution < 1.29 is 30.3 Å². The fraction of sp³-hybridized carbons (Fsp3) is 0.933. The summed E-state index contributed by atoms with van der Waals surface area (Å²) in [6.45, 7) is 1.25. The molecule has 5 N–H and O–H groups in total. The van der Waals surface area contributed by atoms with Gasteiger partial charge in [-0.2, -0.15) is 0 Å². The van der Waals surface area contributed by atoms with E-state index in [2.05, 4.69) is 6.92 Å². The fourth-order valence-electron chi connectivity index (χ4n) is 2.12. The highest BCUT2D eigenvalue weighted by atomic mass is 16.4. The predicted molar refractivity (Wildman–Crippen MR) is 82.1 cm³/mol. The second-order valence-electron chi connectivity index (χ2n) is 5.74. The van der Waals surface area contributed by atoms with Crippen molar-refractivity contribution in [1.29, 1.82) is 0 Å². The van der Waals surface area contributed by atoms with Gasteiger partial charge in [0.05, 0.1) is 6.61 Å². The highest BCUT2D eigenvalue weighted by Gasteiger charge is 2.31. The predicted octanol–water partition coefficient (Wildman–Crippen LogP) is -0.759. The molecule has 0 radical (unpaired) electrons. The number of carbonyl (C=O) groups excluding carboxylic acids is 1. The average Bonchev–Trinajstić information content (AvgIpc) is 2.51. The third-order valence-corrected chi connectivity index (χ3v) is 3.71. The van der Waals surface area contributed by atoms with Gasteiger partial charge in [0.15, 0.2) is 0 Å². The van der Waals surface area contributed by atoms with E-state index in [4.69, 9.17) is 5.11 Å². The summed E-state index contributed by atoms with van der Waals surface area (Å²) >= 11 is 0. The first-order chi connectivity index (χ1) is 10.3. The van der Waals surface area contributed by atoms with Crippen LogP contribution in [0.15, 0.2) is 0 Å². The van der Waals surface area contributed by atoms with E-state index in [1.54, 1.807) is 0 Å². The first kappa shape index (κ1) is 21.3. The molecule has 0 fully saturated rings. The standard InChI is InChI=1S/C15H31NO6/c1-3-4-5-6-7-8-13(20)16(2)9-11(18)14(21)15(22)12(19)10-17/h11-12,14-15,17-19,21-22H,3-10H2,1-2H3/t11-,12?,14+,15+/m0/s1. The van der Waals surface area contributed by atoms with Gasteiger partial charge in [0, 0.05) is 20.0 Å². The Morgan fingerprint density at radius 1 is 0.955 bits per heavy atom. The van der Waals surface area contributed by atoms with Crippen molar-refractivity contribution in [1.82, 2.24) is 4.90 Å². The summed E-state index contributed by atoms with van der Waals surface area (Å²) in [5, 5.41) is 46.9. The quantitative estimate of drug-likeness (QED) is 0.301. The van der Waals surface area contributed by atoms with Crippen LogP contribution in [0.5, 0.6) is 0 Å². The first-order valence-corrected chi connectivity index (χ1v) is 7.92. The van der Waals surface area contributed by atoms with Crippen molar-refractivity contribution in [2.24, 2.45) is 0 Å². The molecule has 0 aromatic carbocycles. The Balaban J connectivity index is 4.11. The van der Waals surface area contributed by atoms with Gasteiger partial charge >= 0.3 is 0 Å². The molecule has 1 unspecified atom stereocenters. The van der Waals surface area contributed by atoms with Crippen LogP contribution in [-0.4, -0.2) is 81.0 Å². The van der Waals surface area contributed by atoms with E-state index < -0.39 is 31.0 Å². The van der Waals surface area contributed by atoms with Gasteiger partial charge in [-0.25, -0.2) is 0 Å². The highest BCUT2D eigenvalue weighted by molar-refractivity contribution is 5.75. The summed E-state index contributed by atoms with van der Waals surface area (Å²) in [6.07, 6.45) is -0.701. The molecule has 0 aliphatic rings. The SMILES string of the molecule is CCCCCCCC(=O)N(C)C[C@H](O)[C@@H](O)[C@H](O)C(O)CO. The van der Waals surface area contributed by atoms with Gasteiger partial charge < -0.3 is 30.4 Å². The lowest BCUT2D eigenvalue weighted by Gasteiger charge is -2.28. The number of unbranched alkanes of at least 4 members (excludes halogenated alkanes) is 4. The number of rotatable bonds is 12. The maximum Gasteiger partial charge on any atom is 0.222 e. The van der Waals surface area contributed by atoms with E-state index in [0.29, 0.717) is 6.42 Å². The molecule has 1 amide bonds. The van der Waals surface area contributed by atoms with Gasteiger partial charge in [0.1, 0.15) is 24.4 Å². The number of likely N-dealkylation sites (N-methyl/N-ethyl adjacent to an activating group) is 1. The second-order valence-corrected chi connectivity index (χ2v) is 5.74. The number of nitrogens with zero attached hydrogens (tertiary/aromatic N) is 1. The molecule has 0 aliphatic carbocycles. The summed E-state index contributed by atoms with van der Waals surface area (Å²) < 4.78 is 0. The fourth-order valence-corrected chi connectivity index (χ4v) is 2.12. The van der Waals surface area contributed by atoms with Gasteiger partial charge in [0.2, 0.25) is 5.91 Å². The molecule has 0 saturated carbocycles. The van der Waals surface area contributed by atoms with E-state index in [0.717, 1.165) is 32.1 Å². The normalized spacial score (nSPS) is 16.9. The summed E-state index contributed by atoms with van der Waals surface area (Å²) in [4.78, 5) is 13.2. The van der Waals surface area contributed by atoms with Crippen molar-refractivity contribution >= 4 is 5.91 Å². The average molecular weight is 321 g/mol. The molecule has 0 aliphatic heterocycles. The van der Waals surface area contributed by atoms with Crippen LogP contribution >= 0.6 is 0 Å². The van der Waals surface area contributed by atoms with E-state index in [9.17, 15) is 25.2 Å². The third-order valence-electron chi connectivity index (χ3n) is 3.71. The van der Waals surface area contributed by atoms with Gasteiger partial charge in [-0.1, -0.05) is 32.6 Å². The lowest BCUT2D eigenvalue weighted by molar-refractivity contribution is -0.138. The maximum atomic E-state index is 11.9. The van der Waals surface area contributed by atoms with Crippen LogP contribution in [0.25, 0.3) is 0 Å². The first-order valence-electron chi connectivity index (χ1n) is 7.92. The lowest BCUT2D eigenvalue weighted by Crippen LogP contribution is -2.49. The minimum Gasteiger partial charge on any atom is -0.394 e. The van der Waals surface area contributed by atoms with Crippen LogP contribution in [0.3, 0.4) is 0 Å². The molecule has 0 rings (SSSR count). The Labute approximate surface area is 132 Å². The van der Waals surface area contributed by atoms with Crippen molar-refractivity contribution in [3.05, 3.63) is 0 Å². The van der Waals surface area contributed by atoms with Gasteiger partial charge in [-0.05, 0) is 6.42 Å². The Morgan fingerprint density at radius 2 is 1.50 bits per heavy atom. The molecule has 0 saturated heterocycles. The number of aliphatic hydroxyl groups is 5. The van der Waals surface area contributed by atoms with Crippen LogP contribution in [-0.2, 0) is 4.79 Å². The molecule has 4 atom stereocenters. The summed E-state index contributed by atoms with van der Waals surface area (Å²) in [7, 11) is 1.51. The molecule has 7 heteroatoms. The molecular formula is C15H31NO6. The Hall–Kier alpha value is -0.730. The van der Waals surface area contributed by atoms with Crippen LogP contribution in [0.4, 0.5) is 0 Å². The van der Waals surface area contributed by atoms with E-state index in [1.165, 1.54) is 11.9 Å². The molecular weight excluding hydrogens is 290 g/mol. The molecule has 0 spiro atoms. The molecule has 0 aromatic rings. The van der Waals surface area contributed by atoms with Crippen molar-refractivity contribution in [2.75, 3.05) is 20.2 Å². The van der Waals surface area contributed by atoms with E-state index in [-0.39, 0.29) is 12.5 Å². The number of carbonyl (C=O) groups is 1. The van der Waals surface area contributed by atoms with Crippen LogP contribution in [0.1, 0.15) is 45.4 Å². The Kier molecular flexibility index (Phi) is 11.4. The lowest BCUT2D eigenvalue weighted by atomic mass is 10.0. The summed E-state index contributed by atoms with van der Waals surface area (Å²) in [5.74, 6) is -0.139. The molecule has 0 aromatic heterocycles. The van der Waals surface area contributed by atoms with Crippen LogP contribution < -0.4 is 0 Å². The molecule has 132 valence electrons. The minimum atomic E-state index is -1.67. The van der Waals surface area contributed by atoms with E-state index >= 15 is 0 Å². The van der Waals surface area contributed by atoms with Crippen molar-refractivity contribution in [3.8, 4) is 0 Å². The number of hydrogen-bond donors (Lipinski definition) is 5. The number of hydrogen-bond acceptors (Lipinski definition) is 6. The number of amides is 1. The van der Waals surface area contributed by atoms with Gasteiger partial charge in [-0.15, -0.1) is 0 Å². The maximum absolute atomic E-state index is 11.9. The van der Waals surface area contributed by atoms with Crippen molar-refractivity contribution in [2.45, 2.75) is 69.9 Å². The smallest absolute Gasteiger partial charge is 0.222 e. The second kappa shape index (κ2) is 11.8. The largest absolute Gasteiger partial charge is 0.394 e. The highest BCUT2D eigenvalue weighted by Crippen LogP contribution is 2.09. The minimum absolute atomic E-state index is 0.139. The summed E-state index contributed by atoms with van der Waals surface area (Å²) in [5.41, 5.74) is 0. The zero-order chi connectivity index (χ0) is 17.1. The summed E-state index contributed by atoms with van der Waals surface area (Å²) in [6, 6.07) is 0. The topological polar surface area (TPSA) is 121 Å². The number of aliphatic hydroxyl groups excluding tert-OH is 5. The van der Waals surface area contributed by atoms with Crippen LogP contribution in [0, 0.1) is 0 Å². The molecule has 0 heterocycles.